The first-order valence-electron chi connectivity index (χ1n) is 7.33. The van der Waals surface area contributed by atoms with Gasteiger partial charge in [0.15, 0.2) is 11.6 Å². The van der Waals surface area contributed by atoms with Gasteiger partial charge in [0, 0.05) is 23.3 Å². The fourth-order valence-electron chi connectivity index (χ4n) is 2.12. The number of carbonyl (C=O) groups is 1. The van der Waals surface area contributed by atoms with E-state index in [2.05, 4.69) is 15.2 Å². The SMILES string of the molecule is O=C(CSc1n[nH]c(-c2cc(F)c(Cl)cc2Cl)n1)c1ccc([N+](=O)[O-])cc1. The molecule has 0 amide bonds. The standard InChI is InChI=1S/C16H9Cl2FN4O3S/c17-11-6-12(18)13(19)5-10(11)15-20-16(22-21-15)27-7-14(24)8-1-3-9(4-2-8)23(25)26/h1-6H,7H2,(H,20,21,22). The van der Waals surface area contributed by atoms with Gasteiger partial charge in [0.2, 0.25) is 5.16 Å². The molecule has 0 radical (unpaired) electrons. The van der Waals surface area contributed by atoms with Gasteiger partial charge in [-0.1, -0.05) is 35.0 Å². The normalized spacial score (nSPS) is 10.8. The maximum atomic E-state index is 13.6. The highest BCUT2D eigenvalue weighted by atomic mass is 35.5. The number of halogens is 3. The van der Waals surface area contributed by atoms with Crippen LogP contribution in [-0.4, -0.2) is 31.6 Å². The number of aromatic amines is 1. The summed E-state index contributed by atoms with van der Waals surface area (Å²) in [6.45, 7) is 0. The molecule has 0 unspecified atom stereocenters. The fourth-order valence-corrected chi connectivity index (χ4v) is 3.28. The van der Waals surface area contributed by atoms with E-state index in [9.17, 15) is 19.3 Å². The molecular weight excluding hydrogens is 418 g/mol. The molecule has 1 N–H and O–H groups in total. The van der Waals surface area contributed by atoms with Crippen LogP contribution >= 0.6 is 35.0 Å². The highest BCUT2D eigenvalue weighted by Crippen LogP contribution is 2.31. The van der Waals surface area contributed by atoms with Gasteiger partial charge < -0.3 is 0 Å². The third-order valence-corrected chi connectivity index (χ3v) is 4.91. The molecule has 1 aromatic heterocycles. The Balaban J connectivity index is 1.68. The smallest absolute Gasteiger partial charge is 0.269 e. The van der Waals surface area contributed by atoms with Crippen LogP contribution in [0.1, 0.15) is 10.4 Å². The van der Waals surface area contributed by atoms with Gasteiger partial charge >= 0.3 is 0 Å². The van der Waals surface area contributed by atoms with E-state index in [1.165, 1.54) is 30.3 Å². The van der Waals surface area contributed by atoms with Gasteiger partial charge in [0.05, 0.1) is 20.7 Å². The molecule has 7 nitrogen and oxygen atoms in total. The minimum Gasteiger partial charge on any atom is -0.293 e. The number of aromatic nitrogens is 3. The van der Waals surface area contributed by atoms with Gasteiger partial charge in [0.25, 0.3) is 5.69 Å². The lowest BCUT2D eigenvalue weighted by Gasteiger charge is -2.02. The van der Waals surface area contributed by atoms with Crippen molar-refractivity contribution in [1.29, 1.82) is 0 Å². The topological polar surface area (TPSA) is 102 Å². The van der Waals surface area contributed by atoms with Crippen molar-refractivity contribution >= 4 is 46.4 Å². The van der Waals surface area contributed by atoms with Gasteiger partial charge in [-0.2, -0.15) is 0 Å². The molecule has 0 fully saturated rings. The van der Waals surface area contributed by atoms with Crippen LogP contribution in [0.5, 0.6) is 0 Å². The van der Waals surface area contributed by atoms with Crippen molar-refractivity contribution in [2.45, 2.75) is 5.16 Å². The second-order valence-corrected chi connectivity index (χ2v) is 6.99. The number of thioether (sulfide) groups is 1. The van der Waals surface area contributed by atoms with Gasteiger partial charge in [-0.15, -0.1) is 5.10 Å². The molecule has 0 spiro atoms. The zero-order chi connectivity index (χ0) is 19.6. The van der Waals surface area contributed by atoms with Crippen molar-refractivity contribution in [3.05, 3.63) is 67.9 Å². The maximum absolute atomic E-state index is 13.6. The van der Waals surface area contributed by atoms with E-state index in [0.717, 1.165) is 17.8 Å². The van der Waals surface area contributed by atoms with Gasteiger partial charge in [-0.25, -0.2) is 9.37 Å². The molecule has 138 valence electrons. The molecular formula is C16H9Cl2FN4O3S. The molecule has 0 saturated heterocycles. The van der Waals surface area contributed by atoms with E-state index in [1.54, 1.807) is 0 Å². The number of Topliss-reactive ketones (excluding diaryl/α,β-unsaturated/α-hetero) is 1. The predicted octanol–water partition coefficient (Wildman–Crippen LogP) is 4.80. The first-order valence-corrected chi connectivity index (χ1v) is 9.07. The number of carbonyl (C=O) groups excluding carboxylic acids is 1. The Hall–Kier alpha value is -2.49. The summed E-state index contributed by atoms with van der Waals surface area (Å²) in [6, 6.07) is 7.71. The monoisotopic (exact) mass is 426 g/mol. The largest absolute Gasteiger partial charge is 0.293 e. The third-order valence-electron chi connectivity index (χ3n) is 3.46. The molecule has 27 heavy (non-hydrogen) atoms. The molecule has 0 aliphatic heterocycles. The molecule has 0 bridgehead atoms. The number of nitrogens with one attached hydrogen (secondary N) is 1. The fraction of sp³-hybridized carbons (Fsp3) is 0.0625. The average molecular weight is 427 g/mol. The van der Waals surface area contributed by atoms with Crippen molar-refractivity contribution in [1.82, 2.24) is 15.2 Å². The number of nitrogens with zero attached hydrogens (tertiary/aromatic N) is 3. The Morgan fingerprint density at radius 3 is 2.59 bits per heavy atom. The molecule has 0 saturated carbocycles. The quantitative estimate of drug-likeness (QED) is 0.199. The molecule has 0 aliphatic rings. The van der Waals surface area contributed by atoms with Crippen molar-refractivity contribution in [3.63, 3.8) is 0 Å². The van der Waals surface area contributed by atoms with Gasteiger partial charge in [-0.3, -0.25) is 20.0 Å². The number of non-ortho nitro benzene ring substituents is 1. The van der Waals surface area contributed by atoms with Crippen LogP contribution < -0.4 is 0 Å². The van der Waals surface area contributed by atoms with Gasteiger partial charge in [-0.05, 0) is 24.3 Å². The van der Waals surface area contributed by atoms with E-state index in [0.29, 0.717) is 11.1 Å². The van der Waals surface area contributed by atoms with E-state index >= 15 is 0 Å². The second-order valence-electron chi connectivity index (χ2n) is 5.23. The number of ketones is 1. The lowest BCUT2D eigenvalue weighted by atomic mass is 10.1. The number of hydrogen-bond acceptors (Lipinski definition) is 6. The second kappa shape index (κ2) is 8.03. The summed E-state index contributed by atoms with van der Waals surface area (Å²) in [5.74, 6) is -0.620. The van der Waals surface area contributed by atoms with E-state index in [-0.39, 0.29) is 38.2 Å². The zero-order valence-electron chi connectivity index (χ0n) is 13.3. The van der Waals surface area contributed by atoms with Crippen LogP contribution in [0.3, 0.4) is 0 Å². The van der Waals surface area contributed by atoms with Crippen LogP contribution in [0.2, 0.25) is 10.0 Å². The molecule has 3 rings (SSSR count). The Morgan fingerprint density at radius 1 is 1.22 bits per heavy atom. The summed E-state index contributed by atoms with van der Waals surface area (Å²) in [5.41, 5.74) is 0.538. The van der Waals surface area contributed by atoms with Crippen LogP contribution in [0.15, 0.2) is 41.6 Å². The summed E-state index contributed by atoms with van der Waals surface area (Å²) in [4.78, 5) is 26.4. The Labute approximate surface area is 166 Å². The van der Waals surface area contributed by atoms with E-state index in [1.807, 2.05) is 0 Å². The average Bonchev–Trinajstić information content (AvgIpc) is 3.11. The van der Waals surface area contributed by atoms with E-state index < -0.39 is 10.7 Å². The molecule has 3 aromatic rings. The van der Waals surface area contributed by atoms with Crippen molar-refractivity contribution in [2.75, 3.05) is 5.75 Å². The summed E-state index contributed by atoms with van der Waals surface area (Å²) < 4.78 is 13.6. The van der Waals surface area contributed by atoms with Crippen LogP contribution in [0.4, 0.5) is 10.1 Å². The highest BCUT2D eigenvalue weighted by molar-refractivity contribution is 7.99. The Kier molecular flexibility index (Phi) is 5.73. The number of benzene rings is 2. The number of hydrogen-bond donors (Lipinski definition) is 1. The third kappa shape index (κ3) is 4.44. The maximum Gasteiger partial charge on any atom is 0.269 e. The molecule has 1 heterocycles. The van der Waals surface area contributed by atoms with Crippen LogP contribution in [0, 0.1) is 15.9 Å². The van der Waals surface area contributed by atoms with Crippen molar-refractivity contribution < 1.29 is 14.1 Å². The summed E-state index contributed by atoms with van der Waals surface area (Å²) in [5, 5.41) is 17.6. The van der Waals surface area contributed by atoms with Gasteiger partial charge in [0.1, 0.15) is 5.82 Å². The van der Waals surface area contributed by atoms with E-state index in [4.69, 9.17) is 23.2 Å². The van der Waals surface area contributed by atoms with Crippen molar-refractivity contribution in [3.8, 4) is 11.4 Å². The predicted molar refractivity (Wildman–Crippen MR) is 99.9 cm³/mol. The number of H-pyrrole nitrogens is 1. The Bertz CT molecular complexity index is 1030. The minimum absolute atomic E-state index is 0.0256. The first-order chi connectivity index (χ1) is 12.8. The van der Waals surface area contributed by atoms with Crippen LogP contribution in [0.25, 0.3) is 11.4 Å². The Morgan fingerprint density at radius 2 is 1.93 bits per heavy atom. The first kappa shape index (κ1) is 19.3. The zero-order valence-corrected chi connectivity index (χ0v) is 15.6. The molecule has 11 heteroatoms. The van der Waals surface area contributed by atoms with Crippen LogP contribution in [-0.2, 0) is 0 Å². The molecule has 2 aromatic carbocycles. The summed E-state index contributed by atoms with van der Waals surface area (Å²) in [6.07, 6.45) is 0. The summed E-state index contributed by atoms with van der Waals surface area (Å²) >= 11 is 12.8. The molecule has 0 atom stereocenters. The minimum atomic E-state index is -0.644. The highest BCUT2D eigenvalue weighted by Gasteiger charge is 2.15. The number of rotatable bonds is 6. The summed E-state index contributed by atoms with van der Waals surface area (Å²) in [7, 11) is 0. The lowest BCUT2D eigenvalue weighted by molar-refractivity contribution is -0.384. The van der Waals surface area contributed by atoms with Crippen molar-refractivity contribution in [2.24, 2.45) is 0 Å². The number of nitro groups is 1. The number of nitro benzene ring substituents is 1. The lowest BCUT2D eigenvalue weighted by Crippen LogP contribution is -2.02. The molecule has 0 aliphatic carbocycles.